The minimum Gasteiger partial charge on any atom is -0.349 e. The van der Waals surface area contributed by atoms with E-state index < -0.39 is 0 Å². The van der Waals surface area contributed by atoms with Crippen molar-refractivity contribution in [1.29, 1.82) is 0 Å². The van der Waals surface area contributed by atoms with Gasteiger partial charge in [0.05, 0.1) is 6.54 Å². The normalized spacial score (nSPS) is 11.8. The monoisotopic (exact) mass is 183 g/mol. The van der Waals surface area contributed by atoms with Crippen molar-refractivity contribution in [2.75, 3.05) is 27.2 Å². The second-order valence-corrected chi connectivity index (χ2v) is 3.01. The van der Waals surface area contributed by atoms with Gasteiger partial charge in [0.25, 0.3) is 0 Å². The van der Waals surface area contributed by atoms with Gasteiger partial charge in [0, 0.05) is 33.1 Å². The molecule has 0 saturated carbocycles. The lowest BCUT2D eigenvalue weighted by Gasteiger charge is -2.17. The second kappa shape index (κ2) is 6.46. The lowest BCUT2D eigenvalue weighted by atomic mass is 10.2. The highest BCUT2D eigenvalue weighted by Crippen LogP contribution is 1.93. The smallest absolute Gasteiger partial charge is 0.223 e. The largest absolute Gasteiger partial charge is 0.349 e. The van der Waals surface area contributed by atoms with Crippen molar-refractivity contribution < 1.29 is 4.79 Å². The molecule has 0 aromatic rings. The van der Waals surface area contributed by atoms with Gasteiger partial charge in [0.2, 0.25) is 5.91 Å². The van der Waals surface area contributed by atoms with Crippen LogP contribution in [0.2, 0.25) is 0 Å². The van der Waals surface area contributed by atoms with Gasteiger partial charge in [-0.05, 0) is 0 Å². The molecule has 0 aromatic heterocycles. The van der Waals surface area contributed by atoms with Gasteiger partial charge in [-0.2, -0.15) is 0 Å². The van der Waals surface area contributed by atoms with Crippen LogP contribution in [-0.2, 0) is 4.79 Å². The van der Waals surface area contributed by atoms with Crippen LogP contribution in [0.25, 0.3) is 0 Å². The Labute approximate surface area is 79.5 Å². The molecule has 3 N–H and O–H groups in total. The number of terminal acetylenes is 1. The molecule has 4 heteroatoms. The van der Waals surface area contributed by atoms with E-state index in [1.807, 2.05) is 0 Å². The third-order valence-corrected chi connectivity index (χ3v) is 1.70. The lowest BCUT2D eigenvalue weighted by Crippen LogP contribution is -2.40. The summed E-state index contributed by atoms with van der Waals surface area (Å²) in [4.78, 5) is 12.8. The summed E-state index contributed by atoms with van der Waals surface area (Å²) in [5.74, 6) is 2.50. The van der Waals surface area contributed by atoms with Crippen LogP contribution in [0.4, 0.5) is 0 Å². The van der Waals surface area contributed by atoms with Gasteiger partial charge in [-0.25, -0.2) is 0 Å². The van der Waals surface area contributed by atoms with Gasteiger partial charge in [-0.15, -0.1) is 6.42 Å². The molecule has 0 heterocycles. The predicted octanol–water partition coefficient (Wildman–Crippen LogP) is -0.985. The van der Waals surface area contributed by atoms with Crippen molar-refractivity contribution in [3.63, 3.8) is 0 Å². The van der Waals surface area contributed by atoms with Gasteiger partial charge in [0.15, 0.2) is 0 Å². The summed E-state index contributed by atoms with van der Waals surface area (Å²) in [5.41, 5.74) is 5.46. The van der Waals surface area contributed by atoms with E-state index in [0.717, 1.165) is 0 Å². The number of nitrogens with one attached hydrogen (secondary N) is 1. The molecule has 1 amide bonds. The maximum absolute atomic E-state index is 11.3. The molecule has 0 saturated heterocycles. The summed E-state index contributed by atoms with van der Waals surface area (Å²) >= 11 is 0. The molecule has 1 atom stereocenters. The van der Waals surface area contributed by atoms with Crippen LogP contribution < -0.4 is 11.1 Å². The summed E-state index contributed by atoms with van der Waals surface area (Å²) < 4.78 is 0. The van der Waals surface area contributed by atoms with Crippen LogP contribution in [0.15, 0.2) is 0 Å². The highest BCUT2D eigenvalue weighted by Gasteiger charge is 2.12. The topological polar surface area (TPSA) is 58.4 Å². The summed E-state index contributed by atoms with van der Waals surface area (Å²) in [6, 6.07) is -0.0223. The van der Waals surface area contributed by atoms with E-state index in [4.69, 9.17) is 12.2 Å². The zero-order valence-corrected chi connectivity index (χ0v) is 8.21. The van der Waals surface area contributed by atoms with E-state index in [9.17, 15) is 4.79 Å². The van der Waals surface area contributed by atoms with Crippen molar-refractivity contribution in [1.82, 2.24) is 10.2 Å². The Morgan fingerprint density at radius 1 is 1.69 bits per heavy atom. The van der Waals surface area contributed by atoms with E-state index in [2.05, 4.69) is 11.2 Å². The maximum atomic E-state index is 11.3. The first-order valence-corrected chi connectivity index (χ1v) is 4.18. The van der Waals surface area contributed by atoms with Crippen molar-refractivity contribution in [3.8, 4) is 12.3 Å². The first-order valence-electron chi connectivity index (χ1n) is 4.18. The fourth-order valence-corrected chi connectivity index (χ4v) is 0.835. The van der Waals surface area contributed by atoms with Crippen LogP contribution in [0.5, 0.6) is 0 Å². The summed E-state index contributed by atoms with van der Waals surface area (Å²) in [6.45, 7) is 0.865. The number of carbonyl (C=O) groups excluding carboxylic acids is 1. The Bertz CT molecular complexity index is 196. The fourth-order valence-electron chi connectivity index (χ4n) is 0.835. The highest BCUT2D eigenvalue weighted by molar-refractivity contribution is 5.76. The number of carbonyl (C=O) groups is 1. The molecule has 1 unspecified atom stereocenters. The number of amides is 1. The molecule has 0 aliphatic carbocycles. The predicted molar refractivity (Wildman–Crippen MR) is 53.0 cm³/mol. The Kier molecular flexibility index (Phi) is 5.94. The van der Waals surface area contributed by atoms with E-state index in [-0.39, 0.29) is 11.9 Å². The van der Waals surface area contributed by atoms with E-state index in [0.29, 0.717) is 19.5 Å². The quantitative estimate of drug-likeness (QED) is 0.538. The van der Waals surface area contributed by atoms with Crippen molar-refractivity contribution in [3.05, 3.63) is 0 Å². The molecule has 0 radical (unpaired) electrons. The van der Waals surface area contributed by atoms with Crippen LogP contribution in [0.3, 0.4) is 0 Å². The third-order valence-electron chi connectivity index (χ3n) is 1.70. The minimum absolute atomic E-state index is 0.0223. The summed E-state index contributed by atoms with van der Waals surface area (Å²) in [6.07, 6.45) is 5.47. The molecule has 0 fully saturated rings. The zero-order chi connectivity index (χ0) is 10.3. The molecular formula is C9H17N3O. The SMILES string of the molecule is C#CCNC(CN)CC(=O)N(C)C. The van der Waals surface area contributed by atoms with Gasteiger partial charge >= 0.3 is 0 Å². The van der Waals surface area contributed by atoms with Crippen LogP contribution >= 0.6 is 0 Å². The molecule has 0 rings (SSSR count). The van der Waals surface area contributed by atoms with Gasteiger partial charge in [0.1, 0.15) is 0 Å². The van der Waals surface area contributed by atoms with Crippen molar-refractivity contribution >= 4 is 5.91 Å². The summed E-state index contributed by atoms with van der Waals surface area (Å²) in [5, 5.41) is 3.00. The average molecular weight is 183 g/mol. The van der Waals surface area contributed by atoms with Crippen LogP contribution in [0, 0.1) is 12.3 Å². The van der Waals surface area contributed by atoms with E-state index in [1.165, 1.54) is 0 Å². The third kappa shape index (κ3) is 5.23. The van der Waals surface area contributed by atoms with Gasteiger partial charge in [-0.1, -0.05) is 5.92 Å². The van der Waals surface area contributed by atoms with Crippen molar-refractivity contribution in [2.24, 2.45) is 5.73 Å². The Morgan fingerprint density at radius 3 is 2.69 bits per heavy atom. The van der Waals surface area contributed by atoms with E-state index >= 15 is 0 Å². The lowest BCUT2D eigenvalue weighted by molar-refractivity contribution is -0.129. The molecule has 0 aliphatic rings. The minimum atomic E-state index is -0.0223. The molecular weight excluding hydrogens is 166 g/mol. The number of hydrogen-bond donors (Lipinski definition) is 2. The number of hydrogen-bond acceptors (Lipinski definition) is 3. The Morgan fingerprint density at radius 2 is 2.31 bits per heavy atom. The van der Waals surface area contributed by atoms with Crippen LogP contribution in [-0.4, -0.2) is 44.0 Å². The molecule has 4 nitrogen and oxygen atoms in total. The number of nitrogens with zero attached hydrogens (tertiary/aromatic N) is 1. The molecule has 74 valence electrons. The van der Waals surface area contributed by atoms with Crippen molar-refractivity contribution in [2.45, 2.75) is 12.5 Å². The van der Waals surface area contributed by atoms with Gasteiger partial charge < -0.3 is 16.0 Å². The zero-order valence-electron chi connectivity index (χ0n) is 8.21. The van der Waals surface area contributed by atoms with Gasteiger partial charge in [-0.3, -0.25) is 4.79 Å². The molecule has 0 aromatic carbocycles. The fraction of sp³-hybridized carbons (Fsp3) is 0.667. The number of rotatable bonds is 5. The highest BCUT2D eigenvalue weighted by atomic mass is 16.2. The standard InChI is InChI=1S/C9H17N3O/c1-4-5-11-8(7-10)6-9(13)12(2)3/h1,8,11H,5-7,10H2,2-3H3. The molecule has 0 bridgehead atoms. The Hall–Kier alpha value is -1.05. The average Bonchev–Trinajstić information content (AvgIpc) is 2.11. The molecule has 0 aliphatic heterocycles. The Balaban J connectivity index is 3.84. The number of nitrogens with two attached hydrogens (primary N) is 1. The van der Waals surface area contributed by atoms with E-state index in [1.54, 1.807) is 19.0 Å². The maximum Gasteiger partial charge on any atom is 0.223 e. The summed E-state index contributed by atoms with van der Waals surface area (Å²) in [7, 11) is 3.44. The molecule has 0 spiro atoms. The first-order chi connectivity index (χ1) is 6.11. The molecule has 13 heavy (non-hydrogen) atoms. The van der Waals surface area contributed by atoms with Crippen LogP contribution in [0.1, 0.15) is 6.42 Å². The second-order valence-electron chi connectivity index (χ2n) is 3.01. The first kappa shape index (κ1) is 11.9.